The number of methoxy groups -OCH3 is 1. The number of hydrogen-bond acceptors (Lipinski definition) is 6. The molecule has 0 atom stereocenters. The van der Waals surface area contributed by atoms with Crippen LogP contribution in [0.1, 0.15) is 39.3 Å². The lowest BCUT2D eigenvalue weighted by molar-refractivity contribution is -0.166. The summed E-state index contributed by atoms with van der Waals surface area (Å²) in [7, 11) is 1.37. The number of esters is 1. The number of aryl methyl sites for hydroxylation is 1. The van der Waals surface area contributed by atoms with Crippen molar-refractivity contribution < 1.29 is 14.3 Å². The zero-order valence-corrected chi connectivity index (χ0v) is 21.4. The zero-order chi connectivity index (χ0) is 25.3. The number of nitrogens with zero attached hydrogens (tertiary/aromatic N) is 5. The molecule has 1 fully saturated rings. The van der Waals surface area contributed by atoms with E-state index in [2.05, 4.69) is 53.3 Å². The van der Waals surface area contributed by atoms with Gasteiger partial charge in [-0.3, -0.25) is 4.68 Å². The molecule has 0 N–H and O–H groups in total. The highest BCUT2D eigenvalue weighted by molar-refractivity contribution is 5.84. The maximum Gasteiger partial charge on any atom is 0.337 e. The molecule has 2 aromatic carbocycles. The first-order valence-electron chi connectivity index (χ1n) is 12.5. The van der Waals surface area contributed by atoms with E-state index in [-0.39, 0.29) is 6.61 Å². The van der Waals surface area contributed by atoms with Gasteiger partial charge in [0.05, 0.1) is 48.2 Å². The molecule has 1 aliphatic heterocycles. The van der Waals surface area contributed by atoms with Crippen LogP contribution in [0.5, 0.6) is 0 Å². The number of ether oxygens (including phenoxy) is 2. The van der Waals surface area contributed by atoms with Crippen LogP contribution < -0.4 is 4.90 Å². The number of carbonyl (C=O) groups excluding carboxylic acids is 1. The molecule has 2 aromatic heterocycles. The Hall–Kier alpha value is -3.65. The Balaban J connectivity index is 1.60. The number of para-hydroxylation sites is 2. The van der Waals surface area contributed by atoms with Gasteiger partial charge in [0.1, 0.15) is 0 Å². The molecule has 1 aliphatic rings. The summed E-state index contributed by atoms with van der Waals surface area (Å²) in [6, 6.07) is 16.8. The number of anilines is 1. The van der Waals surface area contributed by atoms with Gasteiger partial charge in [0.15, 0.2) is 5.60 Å². The van der Waals surface area contributed by atoms with Crippen molar-refractivity contribution in [2.75, 3.05) is 25.1 Å². The summed E-state index contributed by atoms with van der Waals surface area (Å²) in [4.78, 5) is 14.6. The Morgan fingerprint density at radius 1 is 1.06 bits per heavy atom. The van der Waals surface area contributed by atoms with E-state index in [0.717, 1.165) is 53.2 Å². The van der Waals surface area contributed by atoms with E-state index in [1.807, 2.05) is 27.7 Å². The second kappa shape index (κ2) is 9.78. The van der Waals surface area contributed by atoms with Crippen molar-refractivity contribution in [2.45, 2.75) is 52.4 Å². The third-order valence-electron chi connectivity index (χ3n) is 6.81. The number of fused-ring (bicyclic) bond motifs is 1. The highest BCUT2D eigenvalue weighted by Crippen LogP contribution is 2.33. The number of carbonyl (C=O) groups is 1. The number of benzene rings is 2. The van der Waals surface area contributed by atoms with Crippen LogP contribution in [0.4, 0.5) is 5.69 Å². The molecule has 0 bridgehead atoms. The van der Waals surface area contributed by atoms with Gasteiger partial charge >= 0.3 is 5.97 Å². The Bertz CT molecular complexity index is 1380. The van der Waals surface area contributed by atoms with Gasteiger partial charge in [-0.05, 0) is 57.9 Å². The molecular weight excluding hydrogens is 454 g/mol. The molecule has 1 saturated heterocycles. The van der Waals surface area contributed by atoms with Gasteiger partial charge in [-0.25, -0.2) is 9.48 Å². The van der Waals surface area contributed by atoms with E-state index in [1.54, 1.807) is 13.8 Å². The van der Waals surface area contributed by atoms with Gasteiger partial charge in [-0.1, -0.05) is 24.3 Å². The molecule has 8 heteroatoms. The summed E-state index contributed by atoms with van der Waals surface area (Å²) in [5.74, 6) is -0.417. The predicted molar refractivity (Wildman–Crippen MR) is 140 cm³/mol. The average molecular weight is 488 g/mol. The van der Waals surface area contributed by atoms with E-state index in [4.69, 9.17) is 14.6 Å². The summed E-state index contributed by atoms with van der Waals surface area (Å²) in [5, 5.41) is 10.6. The Morgan fingerprint density at radius 3 is 2.53 bits per heavy atom. The van der Waals surface area contributed by atoms with Crippen LogP contribution in [0.3, 0.4) is 0 Å². The van der Waals surface area contributed by atoms with Crippen molar-refractivity contribution in [2.24, 2.45) is 0 Å². The first kappa shape index (κ1) is 24.1. The van der Waals surface area contributed by atoms with Gasteiger partial charge in [0.2, 0.25) is 0 Å². The van der Waals surface area contributed by atoms with Crippen LogP contribution in [0.2, 0.25) is 0 Å². The van der Waals surface area contributed by atoms with Crippen LogP contribution in [-0.2, 0) is 27.4 Å². The number of hydrogen-bond donors (Lipinski definition) is 0. The third-order valence-corrected chi connectivity index (χ3v) is 6.81. The second-order valence-electron chi connectivity index (χ2n) is 9.64. The fraction of sp³-hybridized carbons (Fsp3) is 0.393. The molecule has 3 heterocycles. The Labute approximate surface area is 211 Å². The van der Waals surface area contributed by atoms with Gasteiger partial charge in [-0.15, -0.1) is 0 Å². The lowest BCUT2D eigenvalue weighted by Gasteiger charge is -2.22. The van der Waals surface area contributed by atoms with Crippen molar-refractivity contribution >= 4 is 22.6 Å². The molecule has 0 unspecified atom stereocenters. The highest BCUT2D eigenvalue weighted by atomic mass is 16.6. The second-order valence-corrected chi connectivity index (χ2v) is 9.64. The van der Waals surface area contributed by atoms with Crippen molar-refractivity contribution in [3.8, 4) is 16.9 Å². The van der Waals surface area contributed by atoms with E-state index in [0.29, 0.717) is 0 Å². The van der Waals surface area contributed by atoms with Gasteiger partial charge in [0.25, 0.3) is 0 Å². The minimum Gasteiger partial charge on any atom is -0.467 e. The normalized spacial score (nSPS) is 14.1. The van der Waals surface area contributed by atoms with E-state index in [1.165, 1.54) is 25.6 Å². The van der Waals surface area contributed by atoms with Crippen LogP contribution in [0, 0.1) is 0 Å². The minimum atomic E-state index is -1.07. The minimum absolute atomic E-state index is 0.184. The summed E-state index contributed by atoms with van der Waals surface area (Å²) >= 11 is 0. The molecule has 0 saturated carbocycles. The molecule has 0 spiro atoms. The van der Waals surface area contributed by atoms with Crippen LogP contribution >= 0.6 is 0 Å². The standard InChI is InChI=1S/C28H33N5O3/c1-5-32-25-16-20(12-13-21(25)18-29-32)26-17-22(19-36-28(2,3)27(34)35-4)30-33(26)24-11-7-6-10-23(24)31-14-8-9-15-31/h6-7,10-13,16-18H,5,8-9,14-15,19H2,1-4H3. The molecule has 0 aliphatic carbocycles. The van der Waals surface area contributed by atoms with Crippen molar-refractivity contribution in [1.29, 1.82) is 0 Å². The van der Waals surface area contributed by atoms with Crippen LogP contribution in [0.15, 0.2) is 54.7 Å². The molecule has 36 heavy (non-hydrogen) atoms. The molecule has 5 rings (SSSR count). The largest absolute Gasteiger partial charge is 0.467 e. The lowest BCUT2D eigenvalue weighted by Crippen LogP contribution is -2.35. The highest BCUT2D eigenvalue weighted by Gasteiger charge is 2.30. The first-order chi connectivity index (χ1) is 17.4. The molecule has 4 aromatic rings. The zero-order valence-electron chi connectivity index (χ0n) is 21.4. The fourth-order valence-corrected chi connectivity index (χ4v) is 4.80. The Kier molecular flexibility index (Phi) is 6.53. The average Bonchev–Trinajstić information content (AvgIpc) is 3.66. The van der Waals surface area contributed by atoms with Gasteiger partial charge in [-0.2, -0.15) is 10.2 Å². The van der Waals surface area contributed by atoms with Crippen molar-refractivity contribution in [3.05, 3.63) is 60.4 Å². The van der Waals surface area contributed by atoms with Crippen LogP contribution in [-0.4, -0.2) is 51.3 Å². The summed E-state index contributed by atoms with van der Waals surface area (Å²) in [6.45, 7) is 8.57. The number of aromatic nitrogens is 4. The first-order valence-corrected chi connectivity index (χ1v) is 12.5. The Morgan fingerprint density at radius 2 is 1.81 bits per heavy atom. The quantitative estimate of drug-likeness (QED) is 0.327. The van der Waals surface area contributed by atoms with Crippen LogP contribution in [0.25, 0.3) is 27.8 Å². The van der Waals surface area contributed by atoms with Gasteiger partial charge in [0, 0.05) is 30.6 Å². The predicted octanol–water partition coefficient (Wildman–Crippen LogP) is 4.98. The summed E-state index contributed by atoms with van der Waals surface area (Å²) in [5.41, 5.74) is 4.95. The van der Waals surface area contributed by atoms with Crippen molar-refractivity contribution in [1.82, 2.24) is 19.6 Å². The fourth-order valence-electron chi connectivity index (χ4n) is 4.80. The smallest absolute Gasteiger partial charge is 0.337 e. The maximum absolute atomic E-state index is 12.1. The summed E-state index contributed by atoms with van der Waals surface area (Å²) in [6.07, 6.45) is 4.29. The number of rotatable bonds is 8. The lowest BCUT2D eigenvalue weighted by atomic mass is 10.1. The van der Waals surface area contributed by atoms with Gasteiger partial charge < -0.3 is 14.4 Å². The molecule has 0 radical (unpaired) electrons. The van der Waals surface area contributed by atoms with E-state index < -0.39 is 11.6 Å². The van der Waals surface area contributed by atoms with E-state index in [9.17, 15) is 4.79 Å². The SMILES string of the molecule is CCn1ncc2ccc(-c3cc(COC(C)(C)C(=O)OC)nn3-c3ccccc3N3CCCC3)cc21. The monoisotopic (exact) mass is 487 g/mol. The molecule has 8 nitrogen and oxygen atoms in total. The van der Waals surface area contributed by atoms with E-state index >= 15 is 0 Å². The molecule has 188 valence electrons. The maximum atomic E-state index is 12.1. The summed E-state index contributed by atoms with van der Waals surface area (Å²) < 4.78 is 14.9. The third kappa shape index (κ3) is 4.48. The molecular formula is C28H33N5O3. The topological polar surface area (TPSA) is 74.4 Å². The van der Waals surface area contributed by atoms with Crippen molar-refractivity contribution in [3.63, 3.8) is 0 Å². The molecule has 0 amide bonds.